The minimum absolute atomic E-state index is 0.0587. The molecule has 0 atom stereocenters. The number of hydrogen-bond donors (Lipinski definition) is 0. The average molecular weight is 287 g/mol. The summed E-state index contributed by atoms with van der Waals surface area (Å²) in [5.74, 6) is 1.24. The smallest absolute Gasteiger partial charge is 0.254 e. The Bertz CT molecular complexity index is 693. The predicted molar refractivity (Wildman–Crippen MR) is 76.3 cm³/mol. The van der Waals surface area contributed by atoms with E-state index in [4.69, 9.17) is 9.47 Å². The van der Waals surface area contributed by atoms with Crippen molar-refractivity contribution in [2.45, 2.75) is 13.5 Å². The second kappa shape index (κ2) is 5.12. The van der Waals surface area contributed by atoms with Crippen molar-refractivity contribution in [3.63, 3.8) is 0 Å². The van der Waals surface area contributed by atoms with Gasteiger partial charge in [-0.25, -0.2) is 0 Å². The summed E-state index contributed by atoms with van der Waals surface area (Å²) < 4.78 is 12.3. The number of fused-ring (bicyclic) bond motifs is 1. The molecule has 6 heteroatoms. The van der Waals surface area contributed by atoms with Gasteiger partial charge >= 0.3 is 0 Å². The van der Waals surface area contributed by atoms with Crippen LogP contribution in [0.25, 0.3) is 0 Å². The third-order valence-corrected chi connectivity index (χ3v) is 3.49. The van der Waals surface area contributed by atoms with Gasteiger partial charge in [-0.2, -0.15) is 5.10 Å². The average Bonchev–Trinajstić information content (AvgIpc) is 3.03. The van der Waals surface area contributed by atoms with Crippen LogP contribution in [-0.4, -0.2) is 34.4 Å². The van der Waals surface area contributed by atoms with Crippen molar-refractivity contribution >= 4 is 5.91 Å². The van der Waals surface area contributed by atoms with E-state index in [1.54, 1.807) is 34.8 Å². The maximum Gasteiger partial charge on any atom is 0.254 e. The summed E-state index contributed by atoms with van der Waals surface area (Å²) in [5.41, 5.74) is 2.56. The first-order chi connectivity index (χ1) is 10.0. The van der Waals surface area contributed by atoms with E-state index in [9.17, 15) is 4.79 Å². The number of ether oxygens (including phenoxy) is 2. The van der Waals surface area contributed by atoms with Gasteiger partial charge in [-0.15, -0.1) is 0 Å². The fourth-order valence-corrected chi connectivity index (χ4v) is 2.38. The summed E-state index contributed by atoms with van der Waals surface area (Å²) in [6, 6.07) is 5.23. The molecule has 3 rings (SSSR count). The van der Waals surface area contributed by atoms with E-state index in [2.05, 4.69) is 5.10 Å². The van der Waals surface area contributed by atoms with Gasteiger partial charge < -0.3 is 14.4 Å². The Hall–Kier alpha value is -2.50. The van der Waals surface area contributed by atoms with E-state index >= 15 is 0 Å². The number of aryl methyl sites for hydroxylation is 2. The topological polar surface area (TPSA) is 56.6 Å². The van der Waals surface area contributed by atoms with Crippen molar-refractivity contribution in [1.82, 2.24) is 14.7 Å². The predicted octanol–water partition coefficient (Wildman–Crippen LogP) is 1.73. The number of benzene rings is 1. The minimum atomic E-state index is -0.0587. The molecule has 6 nitrogen and oxygen atoms in total. The van der Waals surface area contributed by atoms with Crippen molar-refractivity contribution in [2.24, 2.45) is 7.05 Å². The molecule has 1 aromatic carbocycles. The molecule has 1 amide bonds. The van der Waals surface area contributed by atoms with E-state index in [-0.39, 0.29) is 12.7 Å². The molecule has 2 aromatic rings. The number of nitrogens with zero attached hydrogens (tertiary/aromatic N) is 3. The maximum absolute atomic E-state index is 12.5. The van der Waals surface area contributed by atoms with Gasteiger partial charge in [-0.1, -0.05) is 0 Å². The lowest BCUT2D eigenvalue weighted by Crippen LogP contribution is -2.26. The van der Waals surface area contributed by atoms with Gasteiger partial charge in [0.1, 0.15) is 0 Å². The molecule has 110 valence electrons. The van der Waals surface area contributed by atoms with Crippen LogP contribution >= 0.6 is 0 Å². The van der Waals surface area contributed by atoms with Gasteiger partial charge in [0.25, 0.3) is 5.91 Å². The Morgan fingerprint density at radius 2 is 2.14 bits per heavy atom. The quantitative estimate of drug-likeness (QED) is 0.862. The lowest BCUT2D eigenvalue weighted by atomic mass is 10.1. The van der Waals surface area contributed by atoms with E-state index in [1.165, 1.54) is 0 Å². The van der Waals surface area contributed by atoms with Crippen LogP contribution in [-0.2, 0) is 13.6 Å². The van der Waals surface area contributed by atoms with Gasteiger partial charge in [0.15, 0.2) is 11.5 Å². The summed E-state index contributed by atoms with van der Waals surface area (Å²) in [4.78, 5) is 14.1. The molecular formula is C15H17N3O3. The van der Waals surface area contributed by atoms with Gasteiger partial charge in [0, 0.05) is 38.0 Å². The lowest BCUT2D eigenvalue weighted by molar-refractivity contribution is 0.0784. The largest absolute Gasteiger partial charge is 0.454 e. The SMILES string of the molecule is Cc1nn(C)cc1CN(C)C(=O)c1ccc2c(c1)OCO2. The highest BCUT2D eigenvalue weighted by Gasteiger charge is 2.19. The second-order valence-corrected chi connectivity index (χ2v) is 5.14. The fraction of sp³-hybridized carbons (Fsp3) is 0.333. The Kier molecular flexibility index (Phi) is 3.29. The molecule has 0 fully saturated rings. The first kappa shape index (κ1) is 13.5. The molecule has 0 spiro atoms. The van der Waals surface area contributed by atoms with Crippen LogP contribution in [0, 0.1) is 6.92 Å². The van der Waals surface area contributed by atoms with E-state index in [1.807, 2.05) is 20.2 Å². The number of carbonyl (C=O) groups excluding carboxylic acids is 1. The third kappa shape index (κ3) is 2.56. The fourth-order valence-electron chi connectivity index (χ4n) is 2.38. The van der Waals surface area contributed by atoms with Crippen molar-refractivity contribution in [3.05, 3.63) is 41.2 Å². The van der Waals surface area contributed by atoms with Gasteiger partial charge in [-0.05, 0) is 25.1 Å². The molecule has 1 aliphatic rings. The summed E-state index contributed by atoms with van der Waals surface area (Å²) in [6.07, 6.45) is 1.93. The van der Waals surface area contributed by atoms with Crippen LogP contribution in [0.2, 0.25) is 0 Å². The molecule has 0 saturated heterocycles. The first-order valence-corrected chi connectivity index (χ1v) is 6.69. The van der Waals surface area contributed by atoms with E-state index in [0.717, 1.165) is 11.3 Å². The molecule has 0 bridgehead atoms. The Labute approximate surface area is 122 Å². The molecule has 2 heterocycles. The third-order valence-electron chi connectivity index (χ3n) is 3.49. The Balaban J connectivity index is 1.77. The molecule has 0 unspecified atom stereocenters. The first-order valence-electron chi connectivity index (χ1n) is 6.69. The summed E-state index contributed by atoms with van der Waals surface area (Å²) in [5, 5.41) is 4.29. The number of hydrogen-bond acceptors (Lipinski definition) is 4. The summed E-state index contributed by atoms with van der Waals surface area (Å²) in [7, 11) is 3.65. The number of amides is 1. The highest BCUT2D eigenvalue weighted by atomic mass is 16.7. The maximum atomic E-state index is 12.5. The molecule has 1 aliphatic heterocycles. The van der Waals surface area contributed by atoms with Crippen LogP contribution in [0.15, 0.2) is 24.4 Å². The van der Waals surface area contributed by atoms with Crippen molar-refractivity contribution in [1.29, 1.82) is 0 Å². The van der Waals surface area contributed by atoms with Crippen LogP contribution in [0.5, 0.6) is 11.5 Å². The van der Waals surface area contributed by atoms with Crippen LogP contribution in [0.1, 0.15) is 21.6 Å². The monoisotopic (exact) mass is 287 g/mol. The van der Waals surface area contributed by atoms with Crippen molar-refractivity contribution in [2.75, 3.05) is 13.8 Å². The van der Waals surface area contributed by atoms with E-state index in [0.29, 0.717) is 23.6 Å². The molecule has 21 heavy (non-hydrogen) atoms. The van der Waals surface area contributed by atoms with Crippen molar-refractivity contribution < 1.29 is 14.3 Å². The molecule has 0 N–H and O–H groups in total. The van der Waals surface area contributed by atoms with Gasteiger partial charge in [0.2, 0.25) is 6.79 Å². The van der Waals surface area contributed by atoms with Crippen LogP contribution in [0.3, 0.4) is 0 Å². The zero-order valence-corrected chi connectivity index (χ0v) is 12.3. The molecule has 0 aliphatic carbocycles. The minimum Gasteiger partial charge on any atom is -0.454 e. The molecule has 0 radical (unpaired) electrons. The number of aromatic nitrogens is 2. The summed E-state index contributed by atoms with van der Waals surface area (Å²) in [6.45, 7) is 2.67. The summed E-state index contributed by atoms with van der Waals surface area (Å²) >= 11 is 0. The molecule has 1 aromatic heterocycles. The van der Waals surface area contributed by atoms with Gasteiger partial charge in [-0.3, -0.25) is 9.48 Å². The highest BCUT2D eigenvalue weighted by molar-refractivity contribution is 5.94. The second-order valence-electron chi connectivity index (χ2n) is 5.14. The normalized spacial score (nSPS) is 12.5. The number of rotatable bonds is 3. The standard InChI is InChI=1S/C15H17N3O3/c1-10-12(8-18(3)16-10)7-17(2)15(19)11-4-5-13-14(6-11)21-9-20-13/h4-6,8H,7,9H2,1-3H3. The van der Waals surface area contributed by atoms with Gasteiger partial charge in [0.05, 0.1) is 5.69 Å². The Morgan fingerprint density at radius 3 is 2.86 bits per heavy atom. The lowest BCUT2D eigenvalue weighted by Gasteiger charge is -2.17. The van der Waals surface area contributed by atoms with Crippen LogP contribution in [0.4, 0.5) is 0 Å². The number of carbonyl (C=O) groups is 1. The molecular weight excluding hydrogens is 270 g/mol. The van der Waals surface area contributed by atoms with Crippen molar-refractivity contribution in [3.8, 4) is 11.5 Å². The highest BCUT2D eigenvalue weighted by Crippen LogP contribution is 2.32. The zero-order chi connectivity index (χ0) is 15.0. The zero-order valence-electron chi connectivity index (χ0n) is 12.3. The van der Waals surface area contributed by atoms with E-state index < -0.39 is 0 Å². The molecule has 0 saturated carbocycles. The van der Waals surface area contributed by atoms with Crippen LogP contribution < -0.4 is 9.47 Å². The Morgan fingerprint density at radius 1 is 1.38 bits per heavy atom.